The van der Waals surface area contributed by atoms with Gasteiger partial charge in [0.1, 0.15) is 0 Å². The van der Waals surface area contributed by atoms with Crippen LogP contribution in [-0.4, -0.2) is 4.98 Å². The standard InChI is InChI=1S/C11H14N2/c1-3-5-9-7-10(12)8-13-11(9)6-4-2/h3-8H,12H2,1-2H3/b5-3-,6-4-. The molecular formula is C11H14N2. The Bertz CT molecular complexity index is 338. The first-order valence-electron chi connectivity index (χ1n) is 4.29. The second kappa shape index (κ2) is 4.45. The van der Waals surface area contributed by atoms with E-state index in [1.165, 1.54) is 0 Å². The van der Waals surface area contributed by atoms with Crippen molar-refractivity contribution in [2.75, 3.05) is 5.73 Å². The number of nitrogen functional groups attached to an aromatic ring is 1. The van der Waals surface area contributed by atoms with Crippen molar-refractivity contribution in [1.82, 2.24) is 4.98 Å². The zero-order chi connectivity index (χ0) is 9.68. The lowest BCUT2D eigenvalue weighted by molar-refractivity contribution is 1.28. The minimum absolute atomic E-state index is 0.696. The molecule has 0 unspecified atom stereocenters. The van der Waals surface area contributed by atoms with E-state index < -0.39 is 0 Å². The van der Waals surface area contributed by atoms with Crippen molar-refractivity contribution >= 4 is 17.8 Å². The fourth-order valence-electron chi connectivity index (χ4n) is 1.12. The molecule has 13 heavy (non-hydrogen) atoms. The summed E-state index contributed by atoms with van der Waals surface area (Å²) in [6.45, 7) is 3.94. The van der Waals surface area contributed by atoms with E-state index in [4.69, 9.17) is 5.73 Å². The monoisotopic (exact) mass is 174 g/mol. The van der Waals surface area contributed by atoms with Gasteiger partial charge in [-0.3, -0.25) is 4.98 Å². The molecule has 1 rings (SSSR count). The average Bonchev–Trinajstić information content (AvgIpc) is 2.10. The zero-order valence-electron chi connectivity index (χ0n) is 7.99. The Morgan fingerprint density at radius 1 is 1.23 bits per heavy atom. The van der Waals surface area contributed by atoms with Crippen LogP contribution in [-0.2, 0) is 0 Å². The highest BCUT2D eigenvalue weighted by Gasteiger charge is 1.96. The predicted octanol–water partition coefficient (Wildman–Crippen LogP) is 2.73. The number of nitrogens with zero attached hydrogens (tertiary/aromatic N) is 1. The number of pyridine rings is 1. The molecule has 0 radical (unpaired) electrons. The molecule has 0 fully saturated rings. The molecule has 0 atom stereocenters. The molecule has 0 amide bonds. The fourth-order valence-corrected chi connectivity index (χ4v) is 1.12. The van der Waals surface area contributed by atoms with Gasteiger partial charge >= 0.3 is 0 Å². The van der Waals surface area contributed by atoms with Crippen LogP contribution < -0.4 is 5.73 Å². The number of hydrogen-bond donors (Lipinski definition) is 1. The summed E-state index contributed by atoms with van der Waals surface area (Å²) in [6.07, 6.45) is 9.57. The highest BCUT2D eigenvalue weighted by Crippen LogP contribution is 2.13. The molecule has 2 N–H and O–H groups in total. The van der Waals surface area contributed by atoms with Crippen LogP contribution in [0.4, 0.5) is 5.69 Å². The van der Waals surface area contributed by atoms with Gasteiger partial charge in [-0.2, -0.15) is 0 Å². The molecule has 1 aromatic heterocycles. The maximum absolute atomic E-state index is 5.63. The Morgan fingerprint density at radius 3 is 2.54 bits per heavy atom. The highest BCUT2D eigenvalue weighted by atomic mass is 14.7. The summed E-state index contributed by atoms with van der Waals surface area (Å²) in [6, 6.07) is 1.92. The number of nitrogens with two attached hydrogens (primary N) is 1. The van der Waals surface area contributed by atoms with Crippen molar-refractivity contribution in [2.24, 2.45) is 0 Å². The van der Waals surface area contributed by atoms with E-state index in [1.54, 1.807) is 6.20 Å². The molecule has 0 aliphatic rings. The second-order valence-corrected chi connectivity index (χ2v) is 2.74. The van der Waals surface area contributed by atoms with Crippen molar-refractivity contribution in [1.29, 1.82) is 0 Å². The van der Waals surface area contributed by atoms with Gasteiger partial charge in [0.25, 0.3) is 0 Å². The minimum atomic E-state index is 0.696. The normalized spacial score (nSPS) is 11.5. The van der Waals surface area contributed by atoms with Crippen molar-refractivity contribution in [3.63, 3.8) is 0 Å². The summed E-state index contributed by atoms with van der Waals surface area (Å²) in [7, 11) is 0. The maximum atomic E-state index is 5.63. The third kappa shape index (κ3) is 2.44. The zero-order valence-corrected chi connectivity index (χ0v) is 7.99. The van der Waals surface area contributed by atoms with Gasteiger partial charge in [-0.25, -0.2) is 0 Å². The van der Waals surface area contributed by atoms with E-state index >= 15 is 0 Å². The summed E-state index contributed by atoms with van der Waals surface area (Å²) in [5.74, 6) is 0. The van der Waals surface area contributed by atoms with Crippen LogP contribution in [0.5, 0.6) is 0 Å². The van der Waals surface area contributed by atoms with Gasteiger partial charge < -0.3 is 5.73 Å². The smallest absolute Gasteiger partial charge is 0.0700 e. The molecule has 0 aliphatic heterocycles. The van der Waals surface area contributed by atoms with Gasteiger partial charge in [-0.15, -0.1) is 0 Å². The van der Waals surface area contributed by atoms with Crippen LogP contribution in [0.2, 0.25) is 0 Å². The Kier molecular flexibility index (Phi) is 3.26. The van der Waals surface area contributed by atoms with Crippen LogP contribution in [0, 0.1) is 0 Å². The molecule has 2 heteroatoms. The van der Waals surface area contributed by atoms with Gasteiger partial charge in [0.05, 0.1) is 17.6 Å². The third-order valence-electron chi connectivity index (χ3n) is 1.64. The minimum Gasteiger partial charge on any atom is -0.397 e. The van der Waals surface area contributed by atoms with E-state index in [9.17, 15) is 0 Å². The quantitative estimate of drug-likeness (QED) is 0.748. The lowest BCUT2D eigenvalue weighted by Crippen LogP contribution is -1.91. The van der Waals surface area contributed by atoms with Crippen molar-refractivity contribution < 1.29 is 0 Å². The van der Waals surface area contributed by atoms with Gasteiger partial charge in [0, 0.05) is 5.56 Å². The predicted molar refractivity (Wildman–Crippen MR) is 58.1 cm³/mol. The summed E-state index contributed by atoms with van der Waals surface area (Å²) < 4.78 is 0. The first-order valence-corrected chi connectivity index (χ1v) is 4.29. The van der Waals surface area contributed by atoms with Gasteiger partial charge in [0.15, 0.2) is 0 Å². The largest absolute Gasteiger partial charge is 0.397 e. The van der Waals surface area contributed by atoms with Gasteiger partial charge in [-0.05, 0) is 26.0 Å². The maximum Gasteiger partial charge on any atom is 0.0700 e. The van der Waals surface area contributed by atoms with E-state index in [-0.39, 0.29) is 0 Å². The Morgan fingerprint density at radius 2 is 1.92 bits per heavy atom. The van der Waals surface area contributed by atoms with Crippen molar-refractivity contribution in [3.05, 3.63) is 35.7 Å². The molecule has 0 saturated heterocycles. The van der Waals surface area contributed by atoms with Gasteiger partial charge in [0.2, 0.25) is 0 Å². The van der Waals surface area contributed by atoms with E-state index in [0.717, 1.165) is 11.3 Å². The molecule has 0 aliphatic carbocycles. The summed E-state index contributed by atoms with van der Waals surface area (Å²) in [5, 5.41) is 0. The van der Waals surface area contributed by atoms with Crippen LogP contribution in [0.1, 0.15) is 25.1 Å². The SMILES string of the molecule is C/C=C\c1cc(N)cnc1/C=C\C. The molecule has 2 nitrogen and oxygen atoms in total. The number of hydrogen-bond acceptors (Lipinski definition) is 2. The van der Waals surface area contributed by atoms with Crippen LogP contribution in [0.15, 0.2) is 24.4 Å². The summed E-state index contributed by atoms with van der Waals surface area (Å²) >= 11 is 0. The third-order valence-corrected chi connectivity index (χ3v) is 1.64. The molecule has 1 aromatic rings. The van der Waals surface area contributed by atoms with Crippen molar-refractivity contribution in [2.45, 2.75) is 13.8 Å². The molecule has 1 heterocycles. The van der Waals surface area contributed by atoms with E-state index in [1.807, 2.05) is 44.2 Å². The first-order chi connectivity index (χ1) is 6.27. The lowest BCUT2D eigenvalue weighted by atomic mass is 10.1. The average molecular weight is 174 g/mol. The van der Waals surface area contributed by atoms with E-state index in [2.05, 4.69) is 4.98 Å². The topological polar surface area (TPSA) is 38.9 Å². The van der Waals surface area contributed by atoms with Crippen LogP contribution >= 0.6 is 0 Å². The molecule has 0 bridgehead atoms. The number of anilines is 1. The van der Waals surface area contributed by atoms with Crippen LogP contribution in [0.3, 0.4) is 0 Å². The molecule has 0 spiro atoms. The fraction of sp³-hybridized carbons (Fsp3) is 0.182. The second-order valence-electron chi connectivity index (χ2n) is 2.74. The molecule has 0 saturated carbocycles. The summed E-state index contributed by atoms with van der Waals surface area (Å²) in [4.78, 5) is 4.22. The molecular weight excluding hydrogens is 160 g/mol. The Labute approximate surface area is 78.8 Å². The number of aromatic nitrogens is 1. The van der Waals surface area contributed by atoms with Crippen molar-refractivity contribution in [3.8, 4) is 0 Å². The summed E-state index contributed by atoms with van der Waals surface area (Å²) in [5.41, 5.74) is 8.34. The lowest BCUT2D eigenvalue weighted by Gasteiger charge is -2.00. The van der Waals surface area contributed by atoms with E-state index in [0.29, 0.717) is 5.69 Å². The first kappa shape index (κ1) is 9.52. The Balaban J connectivity index is 3.18. The molecule has 68 valence electrons. The molecule has 0 aromatic carbocycles. The van der Waals surface area contributed by atoms with Crippen LogP contribution in [0.25, 0.3) is 12.2 Å². The van der Waals surface area contributed by atoms with Gasteiger partial charge in [-0.1, -0.05) is 18.2 Å². The Hall–Kier alpha value is -1.57. The highest BCUT2D eigenvalue weighted by molar-refractivity contribution is 5.65. The number of allylic oxidation sites excluding steroid dienone is 2. The number of rotatable bonds is 2.